The van der Waals surface area contributed by atoms with Gasteiger partial charge >= 0.3 is 5.97 Å². The lowest BCUT2D eigenvalue weighted by molar-refractivity contribution is -0.873. The average Bonchev–Trinajstić information content (AvgIpc) is 2.82. The topological polar surface area (TPSA) is 220 Å². The lowest BCUT2D eigenvalue weighted by Crippen LogP contribution is -2.43. The highest BCUT2D eigenvalue weighted by atomic mass is 16.4. The molecule has 1 fully saturated rings. The van der Waals surface area contributed by atoms with Crippen molar-refractivity contribution in [1.29, 1.82) is 5.41 Å². The summed E-state index contributed by atoms with van der Waals surface area (Å²) < 4.78 is 0.550. The number of carboxylic acids is 2. The van der Waals surface area contributed by atoms with Gasteiger partial charge in [-0.2, -0.15) is 0 Å². The van der Waals surface area contributed by atoms with Crippen LogP contribution >= 0.6 is 0 Å². The van der Waals surface area contributed by atoms with Crippen LogP contribution in [0.2, 0.25) is 0 Å². The molecule has 0 bridgehead atoms. The number of guanidine groups is 1. The number of carboxylic acid groups (broad SMARTS) is 2. The van der Waals surface area contributed by atoms with Gasteiger partial charge in [0.1, 0.15) is 12.6 Å². The number of aliphatic carboxylic acids is 2. The van der Waals surface area contributed by atoms with E-state index in [-0.39, 0.29) is 31.4 Å². The maximum atomic E-state index is 10.4. The van der Waals surface area contributed by atoms with E-state index in [0.717, 1.165) is 0 Å². The molecule has 0 aromatic rings. The van der Waals surface area contributed by atoms with E-state index in [4.69, 9.17) is 25.8 Å². The van der Waals surface area contributed by atoms with Gasteiger partial charge in [0.15, 0.2) is 5.96 Å². The number of nitrogens with zero attached hydrogens (tertiary/aromatic N) is 2. The van der Waals surface area contributed by atoms with Crippen molar-refractivity contribution in [2.45, 2.75) is 25.6 Å². The third-order valence-electron chi connectivity index (χ3n) is 2.62. The molecule has 172 valence electrons. The first kappa shape index (κ1) is 31.4. The summed E-state index contributed by atoms with van der Waals surface area (Å²) in [5.41, 5.74) is 4.57. The molecule has 0 aromatic heterocycles. The fraction of sp³-hybridized carbons (Fsp3) is 0.750. The Hall–Kier alpha value is -2.32. The number of likely N-dealkylation sites (N-methyl/N-ethyl adjacent to an activating group) is 2. The molecule has 0 aromatic carbocycles. The van der Waals surface area contributed by atoms with E-state index in [9.17, 15) is 19.5 Å². The summed E-state index contributed by atoms with van der Waals surface area (Å²) in [6.45, 7) is 1.85. The Morgan fingerprint density at radius 3 is 1.90 bits per heavy atom. The maximum Gasteiger partial charge on any atom is 0.317 e. The predicted octanol–water partition coefficient (Wildman–Crippen LogP) is -4.43. The quantitative estimate of drug-likeness (QED) is 0.202. The van der Waals surface area contributed by atoms with Gasteiger partial charge in [-0.3, -0.25) is 20.3 Å². The SMILES string of the molecule is CC(O)CO.CN1CC(=O)NC1=N.C[N+](C)(C)CC(O)CC(=O)[O-].NCC(=O)O. The normalized spacial score (nSPS) is 14.7. The number of hydrogen-bond acceptors (Lipinski definition) is 9. The Labute approximate surface area is 170 Å². The highest BCUT2D eigenvalue weighted by Gasteiger charge is 2.18. The summed E-state index contributed by atoms with van der Waals surface area (Å²) in [7, 11) is 7.36. The Kier molecular flexibility index (Phi) is 18.0. The first-order valence-corrected chi connectivity index (χ1v) is 8.54. The van der Waals surface area contributed by atoms with Crippen LogP contribution in [-0.2, 0) is 14.4 Å². The number of quaternary nitrogens is 1. The molecule has 0 spiro atoms. The third kappa shape index (κ3) is 28.0. The molecule has 1 heterocycles. The average molecular weight is 425 g/mol. The van der Waals surface area contributed by atoms with Crippen molar-refractivity contribution in [3.63, 3.8) is 0 Å². The van der Waals surface area contributed by atoms with Crippen LogP contribution in [0.25, 0.3) is 0 Å². The number of amides is 1. The molecule has 29 heavy (non-hydrogen) atoms. The number of rotatable bonds is 6. The predicted molar refractivity (Wildman–Crippen MR) is 102 cm³/mol. The summed E-state index contributed by atoms with van der Waals surface area (Å²) in [6, 6.07) is 0. The second kappa shape index (κ2) is 16.6. The van der Waals surface area contributed by atoms with E-state index in [2.05, 4.69) is 11.1 Å². The highest BCUT2D eigenvalue weighted by molar-refractivity contribution is 6.02. The second-order valence-corrected chi connectivity index (χ2v) is 7.09. The summed E-state index contributed by atoms with van der Waals surface area (Å²) in [5.74, 6) is -2.08. The van der Waals surface area contributed by atoms with Crippen LogP contribution in [0.3, 0.4) is 0 Å². The summed E-state index contributed by atoms with van der Waals surface area (Å²) in [6.07, 6.45) is -1.65. The minimum absolute atomic E-state index is 0.0995. The molecule has 13 heteroatoms. The maximum absolute atomic E-state index is 10.4. The molecule has 1 aliphatic heterocycles. The molecule has 0 aliphatic carbocycles. The summed E-state index contributed by atoms with van der Waals surface area (Å²) >= 11 is 0. The van der Waals surface area contributed by atoms with Crippen LogP contribution in [0.5, 0.6) is 0 Å². The molecule has 1 saturated heterocycles. The van der Waals surface area contributed by atoms with Crippen molar-refractivity contribution in [2.75, 3.05) is 54.4 Å². The van der Waals surface area contributed by atoms with E-state index >= 15 is 0 Å². The monoisotopic (exact) mass is 425 g/mol. The number of carbonyl (C=O) groups is 3. The van der Waals surface area contributed by atoms with Gasteiger partial charge in [-0.15, -0.1) is 0 Å². The summed E-state index contributed by atoms with van der Waals surface area (Å²) in [5, 5.41) is 52.1. The number of aliphatic hydroxyl groups is 3. The van der Waals surface area contributed by atoms with Crippen LogP contribution in [0, 0.1) is 5.41 Å². The molecular formula is C16H35N5O8. The van der Waals surface area contributed by atoms with E-state index < -0.39 is 24.1 Å². The number of nitrogens with two attached hydrogens (primary N) is 1. The first-order chi connectivity index (χ1) is 13.0. The van der Waals surface area contributed by atoms with Crippen molar-refractivity contribution < 1.29 is 44.4 Å². The van der Waals surface area contributed by atoms with Crippen molar-refractivity contribution in [3.05, 3.63) is 0 Å². The van der Waals surface area contributed by atoms with E-state index in [0.29, 0.717) is 17.6 Å². The molecule has 1 rings (SSSR count). The van der Waals surface area contributed by atoms with Gasteiger partial charge in [-0.25, -0.2) is 0 Å². The van der Waals surface area contributed by atoms with Crippen LogP contribution in [0.15, 0.2) is 0 Å². The van der Waals surface area contributed by atoms with Crippen LogP contribution in [0.4, 0.5) is 0 Å². The van der Waals surface area contributed by atoms with E-state index in [1.54, 1.807) is 11.9 Å². The number of carbonyl (C=O) groups excluding carboxylic acids is 2. The van der Waals surface area contributed by atoms with Crippen molar-refractivity contribution in [2.24, 2.45) is 5.73 Å². The molecule has 2 atom stereocenters. The molecule has 1 amide bonds. The Morgan fingerprint density at radius 1 is 1.34 bits per heavy atom. The molecule has 2 unspecified atom stereocenters. The number of nitrogens with one attached hydrogen (secondary N) is 2. The largest absolute Gasteiger partial charge is 0.550 e. The van der Waals surface area contributed by atoms with Gasteiger partial charge in [-0.1, -0.05) is 0 Å². The third-order valence-corrected chi connectivity index (χ3v) is 2.62. The van der Waals surface area contributed by atoms with E-state index in [1.807, 2.05) is 21.1 Å². The number of hydrogen-bond donors (Lipinski definition) is 7. The molecule has 1 aliphatic rings. The van der Waals surface area contributed by atoms with E-state index in [1.165, 1.54) is 6.92 Å². The molecule has 0 radical (unpaired) electrons. The zero-order valence-corrected chi connectivity index (χ0v) is 17.6. The Bertz CT molecular complexity index is 508. The lowest BCUT2D eigenvalue weighted by atomic mass is 10.2. The fourth-order valence-electron chi connectivity index (χ4n) is 1.45. The number of aliphatic hydroxyl groups excluding tert-OH is 3. The van der Waals surface area contributed by atoms with Gasteiger partial charge in [0.05, 0.1) is 46.9 Å². The Balaban J connectivity index is -0.000000330. The molecule has 13 nitrogen and oxygen atoms in total. The minimum atomic E-state index is -1.20. The van der Waals surface area contributed by atoms with Crippen molar-refractivity contribution in [3.8, 4) is 0 Å². The van der Waals surface area contributed by atoms with Crippen LogP contribution in [0.1, 0.15) is 13.3 Å². The molecule has 8 N–H and O–H groups in total. The van der Waals surface area contributed by atoms with Gasteiger partial charge in [0, 0.05) is 19.4 Å². The van der Waals surface area contributed by atoms with Crippen molar-refractivity contribution >= 4 is 23.8 Å². The lowest BCUT2D eigenvalue weighted by Gasteiger charge is -2.26. The Morgan fingerprint density at radius 2 is 1.76 bits per heavy atom. The van der Waals surface area contributed by atoms with Gasteiger partial charge in [-0.05, 0) is 6.92 Å². The second-order valence-electron chi connectivity index (χ2n) is 7.09. The zero-order valence-electron chi connectivity index (χ0n) is 17.6. The minimum Gasteiger partial charge on any atom is -0.550 e. The molecule has 0 saturated carbocycles. The zero-order chi connectivity index (χ0) is 23.8. The first-order valence-electron chi connectivity index (χ1n) is 8.54. The van der Waals surface area contributed by atoms with Crippen LogP contribution < -0.4 is 16.2 Å². The van der Waals surface area contributed by atoms with Gasteiger partial charge in [0.2, 0.25) is 5.91 Å². The van der Waals surface area contributed by atoms with Gasteiger partial charge < -0.3 is 45.4 Å². The standard InChI is InChI=1S/C7H15NO3.C4H7N3O.C3H8O2.C2H5NO2/c1-8(2,3)5-6(9)4-7(10)11;1-7-2-3(8)6-4(7)5;1-3(5)2-4;3-1-2(4)5/h6,9H,4-5H2,1-3H3;2H2,1H3,(H2,5,6,8);3-5H,2H2,1H3;1,3H2,(H,4,5). The van der Waals surface area contributed by atoms with Gasteiger partial charge in [0.25, 0.3) is 0 Å². The smallest absolute Gasteiger partial charge is 0.317 e. The highest BCUT2D eigenvalue weighted by Crippen LogP contribution is 1.97. The van der Waals surface area contributed by atoms with Crippen molar-refractivity contribution in [1.82, 2.24) is 10.2 Å². The van der Waals surface area contributed by atoms with Crippen LogP contribution in [-0.4, -0.2) is 120 Å². The summed E-state index contributed by atoms with van der Waals surface area (Å²) in [4.78, 5) is 31.2. The molecular weight excluding hydrogens is 390 g/mol. The fourth-order valence-corrected chi connectivity index (χ4v) is 1.45.